The van der Waals surface area contributed by atoms with Gasteiger partial charge in [0.15, 0.2) is 5.78 Å². The lowest BCUT2D eigenvalue weighted by Crippen LogP contribution is -2.07. The Morgan fingerprint density at radius 1 is 1.00 bits per heavy atom. The number of hydrogen-bond donors (Lipinski definition) is 0. The summed E-state index contributed by atoms with van der Waals surface area (Å²) in [6, 6.07) is 11.9. The molecule has 0 atom stereocenters. The Morgan fingerprint density at radius 2 is 1.65 bits per heavy atom. The summed E-state index contributed by atoms with van der Waals surface area (Å²) in [6.07, 6.45) is 0.370. The van der Waals surface area contributed by atoms with E-state index in [9.17, 15) is 4.79 Å². The molecule has 2 aromatic carbocycles. The molecular weight excluding hydrogens is 248 g/mol. The monoisotopic (exact) mass is 268 g/mol. The maximum Gasteiger partial charge on any atom is 0.167 e. The molecule has 0 heterocycles. The zero-order valence-corrected chi connectivity index (χ0v) is 12.5. The summed E-state index contributed by atoms with van der Waals surface area (Å²) in [5.74, 6) is 0.903. The van der Waals surface area contributed by atoms with E-state index >= 15 is 0 Å². The van der Waals surface area contributed by atoms with Crippen molar-refractivity contribution in [2.24, 2.45) is 0 Å². The first kappa shape index (κ1) is 14.3. The number of ketones is 1. The molecule has 20 heavy (non-hydrogen) atoms. The van der Waals surface area contributed by atoms with Crippen LogP contribution in [0.1, 0.15) is 32.6 Å². The Kier molecular flexibility index (Phi) is 4.23. The number of Topliss-reactive ketones (excluding diaryl/α,β-unsaturated/α-hetero) is 1. The van der Waals surface area contributed by atoms with Gasteiger partial charge in [0, 0.05) is 17.5 Å². The van der Waals surface area contributed by atoms with Gasteiger partial charge in [-0.2, -0.15) is 0 Å². The first-order chi connectivity index (χ1) is 9.51. The number of ether oxygens (including phenoxy) is 1. The van der Waals surface area contributed by atoms with E-state index < -0.39 is 0 Å². The fourth-order valence-corrected chi connectivity index (χ4v) is 2.44. The molecule has 2 rings (SSSR count). The molecular formula is C18H20O2. The van der Waals surface area contributed by atoms with Crippen molar-refractivity contribution in [2.75, 3.05) is 7.11 Å². The molecule has 0 aliphatic heterocycles. The second-order valence-electron chi connectivity index (χ2n) is 5.23. The third-order valence-electron chi connectivity index (χ3n) is 3.47. The summed E-state index contributed by atoms with van der Waals surface area (Å²) >= 11 is 0. The number of aryl methyl sites for hydroxylation is 3. The number of carbonyl (C=O) groups is 1. The van der Waals surface area contributed by atoms with Crippen LogP contribution in [0.5, 0.6) is 5.75 Å². The van der Waals surface area contributed by atoms with Crippen LogP contribution in [-0.4, -0.2) is 12.9 Å². The molecule has 0 aromatic heterocycles. The minimum absolute atomic E-state index is 0.131. The van der Waals surface area contributed by atoms with E-state index in [1.165, 1.54) is 5.56 Å². The minimum atomic E-state index is 0.131. The van der Waals surface area contributed by atoms with Crippen LogP contribution in [0.2, 0.25) is 0 Å². The van der Waals surface area contributed by atoms with E-state index in [1.54, 1.807) is 7.11 Å². The van der Waals surface area contributed by atoms with Gasteiger partial charge in [-0.05, 0) is 32.4 Å². The third kappa shape index (κ3) is 3.08. The summed E-state index contributed by atoms with van der Waals surface area (Å²) in [7, 11) is 1.63. The van der Waals surface area contributed by atoms with Crippen molar-refractivity contribution in [2.45, 2.75) is 27.2 Å². The Hall–Kier alpha value is -2.09. The highest BCUT2D eigenvalue weighted by Crippen LogP contribution is 2.22. The molecule has 0 aliphatic rings. The fourth-order valence-electron chi connectivity index (χ4n) is 2.44. The minimum Gasteiger partial charge on any atom is -0.496 e. The first-order valence-corrected chi connectivity index (χ1v) is 6.75. The van der Waals surface area contributed by atoms with Crippen LogP contribution in [-0.2, 0) is 6.42 Å². The molecule has 0 unspecified atom stereocenters. The van der Waals surface area contributed by atoms with Crippen LogP contribution in [0.15, 0.2) is 36.4 Å². The summed E-state index contributed by atoms with van der Waals surface area (Å²) in [6.45, 7) is 6.03. The zero-order valence-electron chi connectivity index (χ0n) is 12.5. The highest BCUT2D eigenvalue weighted by molar-refractivity contribution is 5.99. The van der Waals surface area contributed by atoms with E-state index in [1.807, 2.05) is 57.2 Å². The van der Waals surface area contributed by atoms with Crippen LogP contribution >= 0.6 is 0 Å². The van der Waals surface area contributed by atoms with Crippen molar-refractivity contribution < 1.29 is 9.53 Å². The van der Waals surface area contributed by atoms with Gasteiger partial charge in [-0.3, -0.25) is 4.79 Å². The summed E-state index contributed by atoms with van der Waals surface area (Å²) in [5.41, 5.74) is 5.07. The van der Waals surface area contributed by atoms with E-state index in [-0.39, 0.29) is 5.78 Å². The lowest BCUT2D eigenvalue weighted by atomic mass is 9.97. The van der Waals surface area contributed by atoms with E-state index in [0.717, 1.165) is 28.0 Å². The Labute approximate surface area is 120 Å². The second kappa shape index (κ2) is 5.91. The van der Waals surface area contributed by atoms with E-state index in [0.29, 0.717) is 6.42 Å². The van der Waals surface area contributed by atoms with Crippen LogP contribution in [0.4, 0.5) is 0 Å². The van der Waals surface area contributed by atoms with Gasteiger partial charge in [0.2, 0.25) is 0 Å². The number of benzene rings is 2. The molecule has 2 heteroatoms. The lowest BCUT2D eigenvalue weighted by Gasteiger charge is -2.10. The van der Waals surface area contributed by atoms with Crippen molar-refractivity contribution in [1.82, 2.24) is 0 Å². The molecule has 2 nitrogen and oxygen atoms in total. The largest absolute Gasteiger partial charge is 0.496 e. The number of hydrogen-bond acceptors (Lipinski definition) is 2. The van der Waals surface area contributed by atoms with Crippen molar-refractivity contribution in [1.29, 1.82) is 0 Å². The van der Waals surface area contributed by atoms with Crippen molar-refractivity contribution >= 4 is 5.78 Å². The van der Waals surface area contributed by atoms with Crippen LogP contribution in [0.25, 0.3) is 0 Å². The van der Waals surface area contributed by atoms with Gasteiger partial charge in [-0.15, -0.1) is 0 Å². The molecule has 0 bridgehead atoms. The van der Waals surface area contributed by atoms with Crippen molar-refractivity contribution in [3.05, 3.63) is 64.2 Å². The SMILES string of the molecule is COc1ccc(C)cc1CC(=O)c1ccc(C)cc1C. The van der Waals surface area contributed by atoms with Crippen LogP contribution in [0.3, 0.4) is 0 Å². The summed E-state index contributed by atoms with van der Waals surface area (Å²) < 4.78 is 5.33. The van der Waals surface area contributed by atoms with Crippen molar-refractivity contribution in [3.8, 4) is 5.75 Å². The Balaban J connectivity index is 2.30. The van der Waals surface area contributed by atoms with Crippen LogP contribution < -0.4 is 4.74 Å². The molecule has 0 N–H and O–H groups in total. The molecule has 0 aliphatic carbocycles. The maximum atomic E-state index is 12.5. The Bertz CT molecular complexity index is 642. The van der Waals surface area contributed by atoms with Gasteiger partial charge in [0.05, 0.1) is 7.11 Å². The van der Waals surface area contributed by atoms with Crippen LogP contribution in [0, 0.1) is 20.8 Å². The summed E-state index contributed by atoms with van der Waals surface area (Å²) in [5, 5.41) is 0. The standard InChI is InChI=1S/C18H20O2/c1-12-5-7-16(14(3)9-12)17(19)11-15-10-13(2)6-8-18(15)20-4/h5-10H,11H2,1-4H3. The number of rotatable bonds is 4. The molecule has 0 fully saturated rings. The predicted molar refractivity (Wildman–Crippen MR) is 81.7 cm³/mol. The molecule has 0 saturated heterocycles. The number of carbonyl (C=O) groups excluding carboxylic acids is 1. The van der Waals surface area contributed by atoms with E-state index in [2.05, 4.69) is 0 Å². The zero-order chi connectivity index (χ0) is 14.7. The lowest BCUT2D eigenvalue weighted by molar-refractivity contribution is 0.0991. The van der Waals surface area contributed by atoms with E-state index in [4.69, 9.17) is 4.74 Å². The highest BCUT2D eigenvalue weighted by atomic mass is 16.5. The molecule has 2 aromatic rings. The third-order valence-corrected chi connectivity index (χ3v) is 3.47. The van der Waals surface area contributed by atoms with Crippen molar-refractivity contribution in [3.63, 3.8) is 0 Å². The predicted octanol–water partition coefficient (Wildman–Crippen LogP) is 4.05. The quantitative estimate of drug-likeness (QED) is 0.782. The Morgan fingerprint density at radius 3 is 2.30 bits per heavy atom. The number of methoxy groups -OCH3 is 1. The average Bonchev–Trinajstić information content (AvgIpc) is 2.38. The van der Waals surface area contributed by atoms with Gasteiger partial charge >= 0.3 is 0 Å². The molecule has 104 valence electrons. The molecule has 0 saturated carbocycles. The summed E-state index contributed by atoms with van der Waals surface area (Å²) in [4.78, 5) is 12.5. The molecule has 0 amide bonds. The normalized spacial score (nSPS) is 10.4. The highest BCUT2D eigenvalue weighted by Gasteiger charge is 2.13. The van der Waals surface area contributed by atoms with Gasteiger partial charge in [-0.25, -0.2) is 0 Å². The second-order valence-corrected chi connectivity index (χ2v) is 5.23. The smallest absolute Gasteiger partial charge is 0.167 e. The molecule has 0 radical (unpaired) electrons. The first-order valence-electron chi connectivity index (χ1n) is 6.75. The van der Waals surface area contributed by atoms with Gasteiger partial charge < -0.3 is 4.74 Å². The average molecular weight is 268 g/mol. The fraction of sp³-hybridized carbons (Fsp3) is 0.278. The van der Waals surface area contributed by atoms with Gasteiger partial charge in [-0.1, -0.05) is 41.5 Å². The maximum absolute atomic E-state index is 12.5. The topological polar surface area (TPSA) is 26.3 Å². The van der Waals surface area contributed by atoms with Gasteiger partial charge in [0.25, 0.3) is 0 Å². The molecule has 0 spiro atoms. The van der Waals surface area contributed by atoms with Gasteiger partial charge in [0.1, 0.15) is 5.75 Å².